The topological polar surface area (TPSA) is 56.7 Å². The van der Waals surface area contributed by atoms with Crippen LogP contribution < -0.4 is 10.2 Å². The Hall–Kier alpha value is -1.42. The minimum atomic E-state index is 0. The van der Waals surface area contributed by atoms with Gasteiger partial charge in [-0.25, -0.2) is 15.0 Å². The number of aliphatic imine (C=N–C) groups is 1. The molecule has 1 aliphatic rings. The van der Waals surface area contributed by atoms with Crippen molar-refractivity contribution < 1.29 is 0 Å². The maximum absolute atomic E-state index is 4.80. The molecule has 29 heavy (non-hydrogen) atoms. The molecule has 1 aliphatic heterocycles. The summed E-state index contributed by atoms with van der Waals surface area (Å²) in [6.07, 6.45) is 7.18. The molecule has 0 amide bonds. The molecule has 2 aromatic rings. The van der Waals surface area contributed by atoms with E-state index in [1.165, 1.54) is 25.7 Å². The highest BCUT2D eigenvalue weighted by Gasteiger charge is 2.11. The van der Waals surface area contributed by atoms with Gasteiger partial charge in [0.2, 0.25) is 0 Å². The van der Waals surface area contributed by atoms with E-state index < -0.39 is 0 Å². The lowest BCUT2D eigenvalue weighted by molar-refractivity contribution is 0.471. The highest BCUT2D eigenvalue weighted by Crippen LogP contribution is 2.17. The fraction of sp³-hybridized carbons (Fsp3) is 0.571. The first-order chi connectivity index (χ1) is 13.7. The van der Waals surface area contributed by atoms with Crippen LogP contribution in [0.3, 0.4) is 0 Å². The minimum Gasteiger partial charge on any atom is -0.357 e. The second kappa shape index (κ2) is 12.3. The fourth-order valence-electron chi connectivity index (χ4n) is 3.43. The van der Waals surface area contributed by atoms with Crippen LogP contribution >= 0.6 is 35.3 Å². The molecule has 6 nitrogen and oxygen atoms in total. The molecule has 8 heteroatoms. The number of hydrogen-bond acceptors (Lipinski definition) is 5. The van der Waals surface area contributed by atoms with E-state index in [1.807, 2.05) is 13.1 Å². The van der Waals surface area contributed by atoms with Gasteiger partial charge in [-0.3, -0.25) is 0 Å². The zero-order chi connectivity index (χ0) is 19.8. The molecular weight excluding hydrogens is 495 g/mol. The van der Waals surface area contributed by atoms with Crippen LogP contribution in [0.5, 0.6) is 0 Å². The molecule has 0 spiro atoms. The van der Waals surface area contributed by atoms with Gasteiger partial charge in [0.25, 0.3) is 0 Å². The summed E-state index contributed by atoms with van der Waals surface area (Å²) in [5.41, 5.74) is 2.21. The number of pyridine rings is 1. The third-order valence-corrected chi connectivity index (χ3v) is 5.74. The molecule has 3 heterocycles. The maximum Gasteiger partial charge on any atom is 0.194 e. The largest absolute Gasteiger partial charge is 0.357 e. The van der Waals surface area contributed by atoms with Crippen LogP contribution in [0.4, 0.5) is 5.82 Å². The summed E-state index contributed by atoms with van der Waals surface area (Å²) >= 11 is 1.69. The molecule has 0 bridgehead atoms. The van der Waals surface area contributed by atoms with Crippen molar-refractivity contribution in [2.45, 2.75) is 52.6 Å². The minimum absolute atomic E-state index is 0. The summed E-state index contributed by atoms with van der Waals surface area (Å²) in [6.45, 7) is 8.58. The number of nitrogens with one attached hydrogen (secondary N) is 1. The lowest BCUT2D eigenvalue weighted by Gasteiger charge is -2.22. The molecule has 160 valence electrons. The predicted molar refractivity (Wildman–Crippen MR) is 133 cm³/mol. The van der Waals surface area contributed by atoms with E-state index in [-0.39, 0.29) is 24.0 Å². The fourth-order valence-corrected chi connectivity index (χ4v) is 4.04. The molecule has 2 aromatic heterocycles. The van der Waals surface area contributed by atoms with E-state index in [0.717, 1.165) is 54.2 Å². The van der Waals surface area contributed by atoms with E-state index in [2.05, 4.69) is 51.6 Å². The average Bonchev–Trinajstić information content (AvgIpc) is 2.94. The van der Waals surface area contributed by atoms with Gasteiger partial charge >= 0.3 is 0 Å². The van der Waals surface area contributed by atoms with Crippen molar-refractivity contribution in [3.8, 4) is 0 Å². The maximum atomic E-state index is 4.80. The van der Waals surface area contributed by atoms with Crippen molar-refractivity contribution in [1.29, 1.82) is 0 Å². The van der Waals surface area contributed by atoms with Gasteiger partial charge in [-0.05, 0) is 38.3 Å². The first-order valence-electron chi connectivity index (χ1n) is 10.3. The summed E-state index contributed by atoms with van der Waals surface area (Å²) in [6, 6.07) is 4.30. The Labute approximate surface area is 195 Å². The van der Waals surface area contributed by atoms with Gasteiger partial charge in [-0.15, -0.1) is 35.3 Å². The van der Waals surface area contributed by atoms with Crippen molar-refractivity contribution in [3.63, 3.8) is 0 Å². The van der Waals surface area contributed by atoms with E-state index in [1.54, 1.807) is 11.3 Å². The number of guanidine groups is 1. The molecule has 0 unspecified atom stereocenters. The summed E-state index contributed by atoms with van der Waals surface area (Å²) in [5, 5.41) is 6.58. The van der Waals surface area contributed by atoms with Crippen molar-refractivity contribution in [1.82, 2.24) is 20.2 Å². The van der Waals surface area contributed by atoms with Crippen molar-refractivity contribution in [2.75, 3.05) is 31.6 Å². The third-order valence-electron chi connectivity index (χ3n) is 4.91. The lowest BCUT2D eigenvalue weighted by Crippen LogP contribution is -2.38. The smallest absolute Gasteiger partial charge is 0.194 e. The average molecular weight is 529 g/mol. The zero-order valence-electron chi connectivity index (χ0n) is 17.7. The van der Waals surface area contributed by atoms with Crippen LogP contribution in [0.15, 0.2) is 28.7 Å². The number of halogens is 1. The first kappa shape index (κ1) is 23.9. The second-order valence-electron chi connectivity index (χ2n) is 7.31. The SMILES string of the molecule is CCNC(=NCc1ccc(N2CCCCCC2)nc1)N(C)Cc1csc(C)n1.I. The van der Waals surface area contributed by atoms with Crippen LogP contribution in [-0.2, 0) is 13.1 Å². The summed E-state index contributed by atoms with van der Waals surface area (Å²) in [5.74, 6) is 1.99. The quantitative estimate of drug-likeness (QED) is 0.341. The first-order valence-corrected chi connectivity index (χ1v) is 11.1. The molecule has 1 N–H and O–H groups in total. The van der Waals surface area contributed by atoms with E-state index in [4.69, 9.17) is 9.98 Å². The second-order valence-corrected chi connectivity index (χ2v) is 8.37. The Balaban J connectivity index is 0.00000300. The van der Waals surface area contributed by atoms with Crippen molar-refractivity contribution in [3.05, 3.63) is 40.0 Å². The van der Waals surface area contributed by atoms with Crippen LogP contribution in [-0.4, -0.2) is 47.5 Å². The van der Waals surface area contributed by atoms with Gasteiger partial charge in [0.05, 0.1) is 23.8 Å². The Kier molecular flexibility index (Phi) is 10.1. The van der Waals surface area contributed by atoms with Gasteiger partial charge in [-0.2, -0.15) is 0 Å². The number of nitrogens with zero attached hydrogens (tertiary/aromatic N) is 5. The van der Waals surface area contributed by atoms with Crippen molar-refractivity contribution >= 4 is 47.1 Å². The molecule has 1 saturated heterocycles. The van der Waals surface area contributed by atoms with E-state index >= 15 is 0 Å². The van der Waals surface area contributed by atoms with Crippen LogP contribution in [0, 0.1) is 6.92 Å². The molecule has 0 radical (unpaired) electrons. The van der Waals surface area contributed by atoms with E-state index in [9.17, 15) is 0 Å². The van der Waals surface area contributed by atoms with Gasteiger partial charge in [0.15, 0.2) is 5.96 Å². The third kappa shape index (κ3) is 7.40. The summed E-state index contributed by atoms with van der Waals surface area (Å²) in [4.78, 5) is 18.6. The number of aromatic nitrogens is 2. The Morgan fingerprint density at radius 2 is 2.00 bits per heavy atom. The monoisotopic (exact) mass is 528 g/mol. The molecule has 0 saturated carbocycles. The van der Waals surface area contributed by atoms with Crippen LogP contribution in [0.1, 0.15) is 48.9 Å². The molecular formula is C21H33IN6S. The number of aryl methyl sites for hydroxylation is 1. The highest BCUT2D eigenvalue weighted by molar-refractivity contribution is 14.0. The number of anilines is 1. The van der Waals surface area contributed by atoms with Crippen LogP contribution in [0.2, 0.25) is 0 Å². The predicted octanol–water partition coefficient (Wildman–Crippen LogP) is 4.44. The molecule has 3 rings (SSSR count). The number of hydrogen-bond donors (Lipinski definition) is 1. The number of thiazole rings is 1. The Bertz CT molecular complexity index is 753. The van der Waals surface area contributed by atoms with E-state index in [0.29, 0.717) is 6.54 Å². The summed E-state index contributed by atoms with van der Waals surface area (Å²) in [7, 11) is 2.05. The van der Waals surface area contributed by atoms with Gasteiger partial charge in [0, 0.05) is 38.3 Å². The Morgan fingerprint density at radius 3 is 2.59 bits per heavy atom. The zero-order valence-corrected chi connectivity index (χ0v) is 20.9. The van der Waals surface area contributed by atoms with Gasteiger partial charge in [-0.1, -0.05) is 18.9 Å². The lowest BCUT2D eigenvalue weighted by atomic mass is 10.2. The molecule has 1 fully saturated rings. The summed E-state index contributed by atoms with van der Waals surface area (Å²) < 4.78 is 0. The van der Waals surface area contributed by atoms with Crippen LogP contribution in [0.25, 0.3) is 0 Å². The van der Waals surface area contributed by atoms with Gasteiger partial charge < -0.3 is 15.1 Å². The Morgan fingerprint density at radius 1 is 1.24 bits per heavy atom. The molecule has 0 atom stereocenters. The standard InChI is InChI=1S/C21H32N6S.HI/c1-4-22-21(26(3)15-19-16-28-17(2)25-19)24-14-18-9-10-20(23-13-18)27-11-7-5-6-8-12-27;/h9-10,13,16H,4-8,11-12,14-15H2,1-3H3,(H,22,24);1H. The normalized spacial score (nSPS) is 14.9. The molecule has 0 aromatic carbocycles. The van der Waals surface area contributed by atoms with Crippen molar-refractivity contribution in [2.24, 2.45) is 4.99 Å². The highest BCUT2D eigenvalue weighted by atomic mass is 127. The number of rotatable bonds is 6. The molecule has 0 aliphatic carbocycles. The van der Waals surface area contributed by atoms with Gasteiger partial charge in [0.1, 0.15) is 5.82 Å².